The maximum Gasteiger partial charge on any atom is 0.0225 e. The van der Waals surface area contributed by atoms with Gasteiger partial charge >= 0.3 is 0 Å². The number of nitrogens with zero attached hydrogens (tertiary/aromatic N) is 1. The Morgan fingerprint density at radius 3 is 1.93 bits per heavy atom. The second-order valence-electron chi connectivity index (χ2n) is 3.34. The molecule has 1 saturated heterocycles. The Morgan fingerprint density at radius 1 is 1.14 bits per heavy atom. The van der Waals surface area contributed by atoms with E-state index in [1.165, 1.54) is 19.5 Å². The molecule has 88 valence electrons. The van der Waals surface area contributed by atoms with Crippen molar-refractivity contribution in [3.63, 3.8) is 0 Å². The Bertz CT molecular complexity index is 94.5. The van der Waals surface area contributed by atoms with Crippen molar-refractivity contribution in [1.82, 2.24) is 10.4 Å². The molecule has 14 heavy (non-hydrogen) atoms. The molecule has 0 aromatic rings. The Labute approximate surface area is 91.0 Å². The molecule has 0 bridgehead atoms. The van der Waals surface area contributed by atoms with Gasteiger partial charge in [0.05, 0.1) is 0 Å². The van der Waals surface area contributed by atoms with Crippen LogP contribution in [0.3, 0.4) is 0 Å². The van der Waals surface area contributed by atoms with Gasteiger partial charge in [0.25, 0.3) is 0 Å². The van der Waals surface area contributed by atoms with Gasteiger partial charge in [0, 0.05) is 19.1 Å². The monoisotopic (exact) mass is 202 g/mol. The predicted molar refractivity (Wildman–Crippen MR) is 66.3 cm³/mol. The van der Waals surface area contributed by atoms with Gasteiger partial charge in [-0.2, -0.15) is 0 Å². The Balaban J connectivity index is 0. The molecule has 1 aliphatic heterocycles. The van der Waals surface area contributed by atoms with Crippen molar-refractivity contribution in [2.75, 3.05) is 13.1 Å². The van der Waals surface area contributed by atoms with E-state index in [2.05, 4.69) is 31.2 Å². The first-order valence-corrected chi connectivity index (χ1v) is 6.25. The largest absolute Gasteiger partial charge is 0.252 e. The van der Waals surface area contributed by atoms with Gasteiger partial charge in [-0.3, -0.25) is 5.43 Å². The molecule has 0 aromatic carbocycles. The summed E-state index contributed by atoms with van der Waals surface area (Å²) in [6.45, 7) is 17.2. The predicted octanol–water partition coefficient (Wildman–Crippen LogP) is 3.29. The fraction of sp³-hybridized carbons (Fsp3) is 1.00. The van der Waals surface area contributed by atoms with Crippen molar-refractivity contribution >= 4 is 0 Å². The number of hydrogen-bond donors (Lipinski definition) is 1. The third-order valence-electron chi connectivity index (χ3n) is 2.24. The van der Waals surface area contributed by atoms with Crippen LogP contribution in [0, 0.1) is 5.92 Å². The van der Waals surface area contributed by atoms with Gasteiger partial charge in [0.2, 0.25) is 0 Å². The van der Waals surface area contributed by atoms with Gasteiger partial charge in [-0.05, 0) is 19.3 Å². The van der Waals surface area contributed by atoms with Gasteiger partial charge in [-0.1, -0.05) is 41.5 Å². The highest BCUT2D eigenvalue weighted by Crippen LogP contribution is 2.12. The summed E-state index contributed by atoms with van der Waals surface area (Å²) < 4.78 is 0. The van der Waals surface area contributed by atoms with Crippen LogP contribution in [0.25, 0.3) is 0 Å². The SMILES string of the molecule is CC.CC.CCCN1CC(C)C(C)N1. The summed E-state index contributed by atoms with van der Waals surface area (Å²) in [5, 5.41) is 2.33. The van der Waals surface area contributed by atoms with E-state index < -0.39 is 0 Å². The molecule has 0 saturated carbocycles. The topological polar surface area (TPSA) is 15.3 Å². The molecule has 0 amide bonds. The standard InChI is InChI=1S/C8H18N2.2C2H6/c1-4-5-10-6-7(2)8(3)9-10;2*1-2/h7-9H,4-6H2,1-3H3;2*1-2H3. The summed E-state index contributed by atoms with van der Waals surface area (Å²) in [6, 6.07) is 0.673. The molecular weight excluding hydrogens is 172 g/mol. The molecule has 2 unspecified atom stereocenters. The zero-order valence-corrected chi connectivity index (χ0v) is 11.2. The lowest BCUT2D eigenvalue weighted by atomic mass is 10.1. The first kappa shape index (κ1) is 16.4. The third-order valence-corrected chi connectivity index (χ3v) is 2.24. The van der Waals surface area contributed by atoms with E-state index in [4.69, 9.17) is 0 Å². The average Bonchev–Trinajstić information content (AvgIpc) is 2.53. The molecule has 0 radical (unpaired) electrons. The minimum absolute atomic E-state index is 0.673. The van der Waals surface area contributed by atoms with Gasteiger partial charge in [-0.25, -0.2) is 5.01 Å². The number of nitrogens with one attached hydrogen (secondary N) is 1. The van der Waals surface area contributed by atoms with Gasteiger partial charge in [0.1, 0.15) is 0 Å². The molecule has 0 spiro atoms. The van der Waals surface area contributed by atoms with Crippen molar-refractivity contribution in [2.45, 2.75) is 60.9 Å². The lowest BCUT2D eigenvalue weighted by Gasteiger charge is -2.14. The van der Waals surface area contributed by atoms with E-state index in [1.54, 1.807) is 0 Å². The summed E-state index contributed by atoms with van der Waals surface area (Å²) >= 11 is 0. The third kappa shape index (κ3) is 6.39. The molecule has 2 heteroatoms. The molecule has 0 aromatic heterocycles. The second-order valence-corrected chi connectivity index (χ2v) is 3.34. The summed E-state index contributed by atoms with van der Waals surface area (Å²) in [5.74, 6) is 0.812. The Hall–Kier alpha value is -0.0800. The van der Waals surface area contributed by atoms with E-state index in [0.717, 1.165) is 5.92 Å². The second kappa shape index (κ2) is 11.0. The molecule has 1 rings (SSSR count). The van der Waals surface area contributed by atoms with Crippen LogP contribution >= 0.6 is 0 Å². The van der Waals surface area contributed by atoms with Crippen LogP contribution < -0.4 is 5.43 Å². The Kier molecular flexibility index (Phi) is 12.8. The summed E-state index contributed by atoms with van der Waals surface area (Å²) in [7, 11) is 0. The minimum atomic E-state index is 0.673. The van der Waals surface area contributed by atoms with Crippen LogP contribution in [-0.4, -0.2) is 24.1 Å². The molecule has 1 aliphatic rings. The smallest absolute Gasteiger partial charge is 0.0225 e. The molecule has 2 atom stereocenters. The molecule has 1 fully saturated rings. The van der Waals surface area contributed by atoms with Gasteiger partial charge in [-0.15, -0.1) is 0 Å². The molecule has 1 heterocycles. The average molecular weight is 202 g/mol. The zero-order chi connectivity index (χ0) is 11.6. The summed E-state index contributed by atoms with van der Waals surface area (Å²) in [4.78, 5) is 0. The van der Waals surface area contributed by atoms with Crippen LogP contribution in [0.15, 0.2) is 0 Å². The first-order chi connectivity index (χ1) is 6.74. The lowest BCUT2D eigenvalue weighted by molar-refractivity contribution is 0.238. The fourth-order valence-corrected chi connectivity index (χ4v) is 1.40. The van der Waals surface area contributed by atoms with Gasteiger partial charge in [0.15, 0.2) is 0 Å². The number of hydrazine groups is 1. The maximum absolute atomic E-state index is 3.44. The van der Waals surface area contributed by atoms with E-state index in [1.807, 2.05) is 27.7 Å². The van der Waals surface area contributed by atoms with E-state index >= 15 is 0 Å². The van der Waals surface area contributed by atoms with Crippen LogP contribution in [-0.2, 0) is 0 Å². The normalized spacial score (nSPS) is 25.9. The Morgan fingerprint density at radius 2 is 1.64 bits per heavy atom. The van der Waals surface area contributed by atoms with Crippen LogP contribution in [0.2, 0.25) is 0 Å². The fourth-order valence-electron chi connectivity index (χ4n) is 1.40. The highest BCUT2D eigenvalue weighted by atomic mass is 15.5. The molecular formula is C12H30N2. The van der Waals surface area contributed by atoms with Crippen LogP contribution in [0.5, 0.6) is 0 Å². The summed E-state index contributed by atoms with van der Waals surface area (Å²) in [5.41, 5.74) is 3.44. The highest BCUT2D eigenvalue weighted by Gasteiger charge is 2.23. The van der Waals surface area contributed by atoms with E-state index in [-0.39, 0.29) is 0 Å². The van der Waals surface area contributed by atoms with Crippen molar-refractivity contribution in [3.8, 4) is 0 Å². The highest BCUT2D eigenvalue weighted by molar-refractivity contribution is 4.76. The quantitative estimate of drug-likeness (QED) is 0.739. The number of rotatable bonds is 2. The zero-order valence-electron chi connectivity index (χ0n) is 11.2. The molecule has 0 aliphatic carbocycles. The van der Waals surface area contributed by atoms with Crippen molar-refractivity contribution in [3.05, 3.63) is 0 Å². The first-order valence-electron chi connectivity index (χ1n) is 6.25. The van der Waals surface area contributed by atoms with E-state index in [0.29, 0.717) is 6.04 Å². The molecule has 2 nitrogen and oxygen atoms in total. The van der Waals surface area contributed by atoms with E-state index in [9.17, 15) is 0 Å². The summed E-state index contributed by atoms with van der Waals surface area (Å²) in [6.07, 6.45) is 1.24. The number of hydrogen-bond acceptors (Lipinski definition) is 2. The van der Waals surface area contributed by atoms with Crippen molar-refractivity contribution < 1.29 is 0 Å². The molecule has 1 N–H and O–H groups in total. The van der Waals surface area contributed by atoms with Crippen molar-refractivity contribution in [1.29, 1.82) is 0 Å². The van der Waals surface area contributed by atoms with Crippen LogP contribution in [0.4, 0.5) is 0 Å². The van der Waals surface area contributed by atoms with Crippen molar-refractivity contribution in [2.24, 2.45) is 5.92 Å². The van der Waals surface area contributed by atoms with Crippen LogP contribution in [0.1, 0.15) is 54.9 Å². The lowest BCUT2D eigenvalue weighted by Crippen LogP contribution is -2.34. The maximum atomic E-state index is 3.44. The minimum Gasteiger partial charge on any atom is -0.252 e. The van der Waals surface area contributed by atoms with Gasteiger partial charge < -0.3 is 0 Å².